The van der Waals surface area contributed by atoms with Crippen molar-refractivity contribution < 1.29 is 19.1 Å². The monoisotopic (exact) mass is 500 g/mol. The smallest absolute Gasteiger partial charge is 0.335 e. The van der Waals surface area contributed by atoms with Crippen LogP contribution in [0.4, 0.5) is 5.69 Å². The molecule has 1 saturated heterocycles. The van der Waals surface area contributed by atoms with Gasteiger partial charge in [0.1, 0.15) is 0 Å². The minimum atomic E-state index is -0.271. The molecule has 4 aliphatic rings. The number of fused-ring (bicyclic) bond motifs is 1. The van der Waals surface area contributed by atoms with E-state index in [-0.39, 0.29) is 29.3 Å². The highest BCUT2D eigenvalue weighted by Crippen LogP contribution is 2.61. The van der Waals surface area contributed by atoms with Gasteiger partial charge in [-0.2, -0.15) is 0 Å². The van der Waals surface area contributed by atoms with Gasteiger partial charge in [-0.3, -0.25) is 9.69 Å². The maximum absolute atomic E-state index is 13.3. The number of hydrogen-bond donors (Lipinski definition) is 1. The number of benzene rings is 2. The van der Waals surface area contributed by atoms with Crippen molar-refractivity contribution in [2.75, 3.05) is 25.6 Å². The predicted octanol–water partition coefficient (Wildman–Crippen LogP) is 5.05. The van der Waals surface area contributed by atoms with Crippen LogP contribution in [-0.4, -0.2) is 43.1 Å². The van der Waals surface area contributed by atoms with E-state index in [1.165, 1.54) is 25.2 Å². The van der Waals surface area contributed by atoms with E-state index in [9.17, 15) is 9.59 Å². The quantitative estimate of drug-likeness (QED) is 0.560. The van der Waals surface area contributed by atoms with Crippen LogP contribution < -0.4 is 5.32 Å². The van der Waals surface area contributed by atoms with Crippen molar-refractivity contribution in [1.29, 1.82) is 0 Å². The van der Waals surface area contributed by atoms with Crippen molar-refractivity contribution in [2.24, 2.45) is 17.8 Å². The summed E-state index contributed by atoms with van der Waals surface area (Å²) < 4.78 is 10.9. The van der Waals surface area contributed by atoms with E-state index in [0.717, 1.165) is 55.7 Å². The van der Waals surface area contributed by atoms with Gasteiger partial charge < -0.3 is 14.8 Å². The molecule has 6 rings (SSSR count). The fourth-order valence-corrected chi connectivity index (χ4v) is 8.03. The average molecular weight is 501 g/mol. The van der Waals surface area contributed by atoms with Crippen LogP contribution in [0.3, 0.4) is 0 Å². The van der Waals surface area contributed by atoms with E-state index in [1.54, 1.807) is 0 Å². The van der Waals surface area contributed by atoms with Gasteiger partial charge in [0.2, 0.25) is 0 Å². The summed E-state index contributed by atoms with van der Waals surface area (Å²) in [5.74, 6) is 0.514. The molecule has 1 spiro atoms. The molecule has 37 heavy (non-hydrogen) atoms. The number of nitrogens with one attached hydrogen (secondary N) is 1. The van der Waals surface area contributed by atoms with Gasteiger partial charge >= 0.3 is 11.9 Å². The fourth-order valence-electron chi connectivity index (χ4n) is 8.03. The molecule has 0 unspecified atom stereocenters. The molecule has 0 aromatic heterocycles. The Morgan fingerprint density at radius 2 is 1.84 bits per heavy atom. The number of anilines is 1. The first-order valence-corrected chi connectivity index (χ1v) is 13.6. The van der Waals surface area contributed by atoms with Gasteiger partial charge in [-0.15, -0.1) is 0 Å². The molecule has 2 heterocycles. The lowest BCUT2D eigenvalue weighted by atomic mass is 9.59. The lowest BCUT2D eigenvalue weighted by Crippen LogP contribution is -2.54. The van der Waals surface area contributed by atoms with E-state index >= 15 is 0 Å². The molecule has 1 saturated carbocycles. The topological polar surface area (TPSA) is 67.9 Å². The third-order valence-corrected chi connectivity index (χ3v) is 9.38. The Morgan fingerprint density at radius 3 is 2.62 bits per heavy atom. The van der Waals surface area contributed by atoms with Crippen LogP contribution in [0.25, 0.3) is 0 Å². The normalized spacial score (nSPS) is 30.3. The van der Waals surface area contributed by atoms with Gasteiger partial charge in [0.25, 0.3) is 0 Å². The van der Waals surface area contributed by atoms with E-state index in [1.807, 2.05) is 0 Å². The standard InChI is InChI=1S/C31H36N2O4/c1-20(34)37-19-22-11-8-12-23(22)24-17-25(30(35)36-2)28-31(26-13-6-7-14-27(26)32-28)15-16-33(29(24)31)18-21-9-4-3-5-10-21/h3-7,9-10,13-14,22-24,29,32H,8,11-12,15-19H2,1-2H3/t22-,23-,24+,29+,31+/m0/s1. The first-order chi connectivity index (χ1) is 18.0. The summed E-state index contributed by atoms with van der Waals surface area (Å²) in [6, 6.07) is 19.5. The highest BCUT2D eigenvalue weighted by Gasteiger charge is 2.62. The highest BCUT2D eigenvalue weighted by atomic mass is 16.5. The van der Waals surface area contributed by atoms with Gasteiger partial charge in [-0.05, 0) is 60.6 Å². The zero-order valence-electron chi connectivity index (χ0n) is 21.7. The number of para-hydroxylation sites is 1. The molecule has 2 aromatic rings. The van der Waals surface area contributed by atoms with E-state index in [2.05, 4.69) is 64.8 Å². The van der Waals surface area contributed by atoms with Crippen LogP contribution in [0.15, 0.2) is 65.9 Å². The Kier molecular flexibility index (Phi) is 6.31. The van der Waals surface area contributed by atoms with Crippen LogP contribution >= 0.6 is 0 Å². The van der Waals surface area contributed by atoms with Gasteiger partial charge in [-0.1, -0.05) is 55.0 Å². The van der Waals surface area contributed by atoms with Crippen molar-refractivity contribution in [2.45, 2.75) is 57.0 Å². The maximum Gasteiger partial charge on any atom is 0.335 e. The number of carbonyl (C=O) groups is 2. The summed E-state index contributed by atoms with van der Waals surface area (Å²) in [6.45, 7) is 3.80. The first-order valence-electron chi connectivity index (χ1n) is 13.6. The zero-order chi connectivity index (χ0) is 25.6. The number of ether oxygens (including phenoxy) is 2. The molecule has 2 fully saturated rings. The van der Waals surface area contributed by atoms with E-state index in [0.29, 0.717) is 24.9 Å². The highest BCUT2D eigenvalue weighted by molar-refractivity contribution is 5.93. The Hall–Kier alpha value is -3.12. The number of hydrogen-bond acceptors (Lipinski definition) is 6. The molecule has 2 aliphatic heterocycles. The molecule has 6 heteroatoms. The minimum absolute atomic E-state index is 0.219. The van der Waals surface area contributed by atoms with Crippen molar-refractivity contribution in [3.8, 4) is 0 Å². The second-order valence-electron chi connectivity index (χ2n) is 11.2. The van der Waals surface area contributed by atoms with Crippen molar-refractivity contribution in [1.82, 2.24) is 4.90 Å². The number of likely N-dealkylation sites (tertiary alicyclic amines) is 1. The Balaban J connectivity index is 1.48. The summed E-state index contributed by atoms with van der Waals surface area (Å²) in [6.07, 6.45) is 4.93. The van der Waals surface area contributed by atoms with Crippen LogP contribution in [0, 0.1) is 17.8 Å². The van der Waals surface area contributed by atoms with Gasteiger partial charge in [0.15, 0.2) is 0 Å². The SMILES string of the molecule is COC(=O)C1=C2Nc3ccccc3[C@]23CCN(Cc2ccccc2)[C@@H]3[C@@H]([C@H]2CCC[C@H]2COC(C)=O)C1. The number of rotatable bonds is 6. The third kappa shape index (κ3) is 3.97. The molecule has 0 radical (unpaired) electrons. The molecule has 2 aliphatic carbocycles. The Bertz CT molecular complexity index is 1220. The van der Waals surface area contributed by atoms with Crippen molar-refractivity contribution >= 4 is 17.6 Å². The van der Waals surface area contributed by atoms with Gasteiger partial charge in [-0.25, -0.2) is 4.79 Å². The second-order valence-corrected chi connectivity index (χ2v) is 11.2. The molecule has 0 amide bonds. The fraction of sp³-hybridized carbons (Fsp3) is 0.484. The summed E-state index contributed by atoms with van der Waals surface area (Å²) in [5, 5.41) is 3.69. The number of nitrogens with zero attached hydrogens (tertiary/aromatic N) is 1. The van der Waals surface area contributed by atoms with Crippen LogP contribution in [0.2, 0.25) is 0 Å². The maximum atomic E-state index is 13.3. The lowest BCUT2D eigenvalue weighted by Gasteiger charge is -2.48. The van der Waals surface area contributed by atoms with E-state index < -0.39 is 0 Å². The molecule has 194 valence electrons. The van der Waals surface area contributed by atoms with Gasteiger partial charge in [0, 0.05) is 37.4 Å². The average Bonchev–Trinajstić information content (AvgIpc) is 3.62. The van der Waals surface area contributed by atoms with Crippen LogP contribution in [0.1, 0.15) is 50.2 Å². The molecule has 5 atom stereocenters. The van der Waals surface area contributed by atoms with Crippen molar-refractivity contribution in [3.05, 3.63) is 77.0 Å². The summed E-state index contributed by atoms with van der Waals surface area (Å²) in [4.78, 5) is 27.6. The minimum Gasteiger partial charge on any atom is -0.466 e. The molecular formula is C31H36N2O4. The van der Waals surface area contributed by atoms with Crippen LogP contribution in [-0.2, 0) is 31.0 Å². The molecule has 2 aromatic carbocycles. The lowest BCUT2D eigenvalue weighted by molar-refractivity contribution is -0.143. The Labute approximate surface area is 219 Å². The molecule has 1 N–H and O–H groups in total. The molecular weight excluding hydrogens is 464 g/mol. The van der Waals surface area contributed by atoms with Crippen molar-refractivity contribution in [3.63, 3.8) is 0 Å². The summed E-state index contributed by atoms with van der Waals surface area (Å²) >= 11 is 0. The summed E-state index contributed by atoms with van der Waals surface area (Å²) in [5.41, 5.74) is 5.28. The number of methoxy groups -OCH3 is 1. The second kappa shape index (κ2) is 9.64. The largest absolute Gasteiger partial charge is 0.466 e. The molecule has 6 nitrogen and oxygen atoms in total. The van der Waals surface area contributed by atoms with E-state index in [4.69, 9.17) is 9.47 Å². The zero-order valence-corrected chi connectivity index (χ0v) is 21.7. The first kappa shape index (κ1) is 24.2. The summed E-state index contributed by atoms with van der Waals surface area (Å²) in [7, 11) is 1.49. The van der Waals surface area contributed by atoms with Gasteiger partial charge in [0.05, 0.1) is 24.7 Å². The number of esters is 2. The number of carbonyl (C=O) groups excluding carboxylic acids is 2. The Morgan fingerprint density at radius 1 is 1.05 bits per heavy atom. The predicted molar refractivity (Wildman–Crippen MR) is 142 cm³/mol. The van der Waals surface area contributed by atoms with Crippen LogP contribution in [0.5, 0.6) is 0 Å². The molecule has 0 bridgehead atoms. The third-order valence-electron chi connectivity index (χ3n) is 9.38.